The van der Waals surface area contributed by atoms with Gasteiger partial charge in [-0.05, 0) is 43.2 Å². The number of hydrogen-bond acceptors (Lipinski definition) is 2. The Morgan fingerprint density at radius 1 is 1.44 bits per heavy atom. The average molecular weight is 245 g/mol. The van der Waals surface area contributed by atoms with Gasteiger partial charge in [0.15, 0.2) is 0 Å². The molecule has 1 aliphatic heterocycles. The summed E-state index contributed by atoms with van der Waals surface area (Å²) in [5.74, 6) is -0.202. The van der Waals surface area contributed by atoms with Crippen molar-refractivity contribution in [2.24, 2.45) is 0 Å². The van der Waals surface area contributed by atoms with Crippen LogP contribution in [0.1, 0.15) is 25.3 Å². The monoisotopic (exact) mass is 245 g/mol. The molecule has 0 fully saturated rings. The lowest BCUT2D eigenvalue weighted by Gasteiger charge is -2.22. The molecule has 1 unspecified atom stereocenters. The highest BCUT2D eigenvalue weighted by Gasteiger charge is 2.16. The predicted octanol–water partition coefficient (Wildman–Crippen LogP) is 3.73. The molecule has 0 spiro atoms. The van der Waals surface area contributed by atoms with Gasteiger partial charge in [-0.3, -0.25) is 0 Å². The lowest BCUT2D eigenvalue weighted by atomic mass is 9.95. The van der Waals surface area contributed by atoms with Crippen molar-refractivity contribution in [1.29, 1.82) is 0 Å². The van der Waals surface area contributed by atoms with Gasteiger partial charge in [0.2, 0.25) is 0 Å². The van der Waals surface area contributed by atoms with Gasteiger partial charge in [0.1, 0.15) is 11.4 Å². The van der Waals surface area contributed by atoms with E-state index in [4.69, 9.17) is 4.42 Å². The van der Waals surface area contributed by atoms with Crippen LogP contribution in [0.4, 0.5) is 4.39 Å². The third kappa shape index (κ3) is 1.95. The third-order valence-electron chi connectivity index (χ3n) is 3.50. The van der Waals surface area contributed by atoms with Crippen LogP contribution in [0.3, 0.4) is 0 Å². The van der Waals surface area contributed by atoms with Gasteiger partial charge in [0.05, 0.1) is 6.26 Å². The third-order valence-corrected chi connectivity index (χ3v) is 3.50. The Hall–Kier alpha value is -1.61. The highest BCUT2D eigenvalue weighted by Crippen LogP contribution is 2.30. The van der Waals surface area contributed by atoms with Gasteiger partial charge in [0, 0.05) is 17.0 Å². The quantitative estimate of drug-likeness (QED) is 0.872. The number of rotatable bonds is 2. The number of hydrogen-bond donors (Lipinski definition) is 1. The van der Waals surface area contributed by atoms with E-state index < -0.39 is 0 Å². The van der Waals surface area contributed by atoms with Crippen molar-refractivity contribution in [3.63, 3.8) is 0 Å². The Bertz CT molecular complexity index is 600. The number of nitrogens with one attached hydrogen (secondary N) is 1. The van der Waals surface area contributed by atoms with E-state index in [-0.39, 0.29) is 5.82 Å². The average Bonchev–Trinajstić information content (AvgIpc) is 2.85. The van der Waals surface area contributed by atoms with Crippen LogP contribution in [-0.2, 0) is 0 Å². The summed E-state index contributed by atoms with van der Waals surface area (Å²) in [4.78, 5) is 0. The Kier molecular flexibility index (Phi) is 2.92. The molecule has 1 aromatic carbocycles. The molecular weight excluding hydrogens is 229 g/mol. The largest absolute Gasteiger partial charge is 0.464 e. The maximum Gasteiger partial charge on any atom is 0.141 e. The zero-order chi connectivity index (χ0) is 12.5. The second-order valence-electron chi connectivity index (χ2n) is 4.70. The smallest absolute Gasteiger partial charge is 0.141 e. The first-order valence-electron chi connectivity index (χ1n) is 6.39. The minimum absolute atomic E-state index is 0.202. The summed E-state index contributed by atoms with van der Waals surface area (Å²) in [6, 6.07) is 5.28. The normalized spacial score (nSPS) is 20.1. The van der Waals surface area contributed by atoms with E-state index in [1.807, 2.05) is 0 Å². The van der Waals surface area contributed by atoms with Crippen LogP contribution in [-0.4, -0.2) is 12.6 Å². The molecule has 1 atom stereocenters. The maximum atomic E-state index is 13.6. The lowest BCUT2D eigenvalue weighted by molar-refractivity contribution is 0.567. The van der Waals surface area contributed by atoms with Crippen LogP contribution in [0, 0.1) is 5.82 Å². The van der Waals surface area contributed by atoms with E-state index in [9.17, 15) is 4.39 Å². The Balaban J connectivity index is 2.13. The molecular formula is C15H16FNO. The molecule has 18 heavy (non-hydrogen) atoms. The van der Waals surface area contributed by atoms with Gasteiger partial charge in [0.25, 0.3) is 0 Å². The fraction of sp³-hybridized carbons (Fsp3) is 0.333. The van der Waals surface area contributed by atoms with E-state index in [1.54, 1.807) is 18.4 Å². The van der Waals surface area contributed by atoms with Gasteiger partial charge in [-0.1, -0.05) is 13.0 Å². The predicted molar refractivity (Wildman–Crippen MR) is 70.8 cm³/mol. The number of halogens is 1. The molecule has 94 valence electrons. The minimum Gasteiger partial charge on any atom is -0.464 e. The van der Waals surface area contributed by atoms with Crippen molar-refractivity contribution in [3.8, 4) is 0 Å². The van der Waals surface area contributed by atoms with Crippen LogP contribution in [0.5, 0.6) is 0 Å². The molecule has 0 bridgehead atoms. The van der Waals surface area contributed by atoms with Crippen molar-refractivity contribution in [3.05, 3.63) is 41.9 Å². The van der Waals surface area contributed by atoms with Gasteiger partial charge in [-0.15, -0.1) is 0 Å². The zero-order valence-electron chi connectivity index (χ0n) is 10.4. The highest BCUT2D eigenvalue weighted by atomic mass is 19.1. The summed E-state index contributed by atoms with van der Waals surface area (Å²) in [6.45, 7) is 3.08. The SMILES string of the molecule is CCC1C=C(c2cc(F)cc3ccoc23)CCN1. The Labute approximate surface area is 105 Å². The molecule has 1 aromatic heterocycles. The van der Waals surface area contributed by atoms with Gasteiger partial charge >= 0.3 is 0 Å². The molecule has 0 amide bonds. The summed E-state index contributed by atoms with van der Waals surface area (Å²) >= 11 is 0. The van der Waals surface area contributed by atoms with Crippen molar-refractivity contribution < 1.29 is 8.81 Å². The van der Waals surface area contributed by atoms with E-state index in [2.05, 4.69) is 18.3 Å². The van der Waals surface area contributed by atoms with Crippen LogP contribution < -0.4 is 5.32 Å². The Morgan fingerprint density at radius 2 is 2.33 bits per heavy atom. The molecule has 0 saturated heterocycles. The summed E-state index contributed by atoms with van der Waals surface area (Å²) in [5, 5.41) is 4.26. The number of benzene rings is 1. The summed E-state index contributed by atoms with van der Waals surface area (Å²) in [6.07, 6.45) is 5.77. The molecule has 1 aliphatic rings. The molecule has 0 saturated carbocycles. The van der Waals surface area contributed by atoms with Crippen LogP contribution in [0.2, 0.25) is 0 Å². The van der Waals surface area contributed by atoms with Crippen LogP contribution >= 0.6 is 0 Å². The topological polar surface area (TPSA) is 25.2 Å². The van der Waals surface area contributed by atoms with Crippen molar-refractivity contribution in [2.45, 2.75) is 25.8 Å². The first-order chi connectivity index (χ1) is 8.78. The van der Waals surface area contributed by atoms with Gasteiger partial charge in [-0.25, -0.2) is 4.39 Å². The summed E-state index contributed by atoms with van der Waals surface area (Å²) in [7, 11) is 0. The first-order valence-corrected chi connectivity index (χ1v) is 6.39. The fourth-order valence-electron chi connectivity index (χ4n) is 2.55. The van der Waals surface area contributed by atoms with Crippen LogP contribution in [0.25, 0.3) is 16.5 Å². The van der Waals surface area contributed by atoms with Crippen molar-refractivity contribution >= 4 is 16.5 Å². The second-order valence-corrected chi connectivity index (χ2v) is 4.70. The molecule has 0 radical (unpaired) electrons. The van der Waals surface area contributed by atoms with E-state index in [0.29, 0.717) is 6.04 Å². The minimum atomic E-state index is -0.202. The zero-order valence-corrected chi connectivity index (χ0v) is 10.4. The van der Waals surface area contributed by atoms with E-state index in [1.165, 1.54) is 11.6 Å². The summed E-state index contributed by atoms with van der Waals surface area (Å²) in [5.41, 5.74) is 2.87. The van der Waals surface area contributed by atoms with Gasteiger partial charge in [-0.2, -0.15) is 0 Å². The first kappa shape index (κ1) is 11.5. The summed E-state index contributed by atoms with van der Waals surface area (Å²) < 4.78 is 19.1. The number of fused-ring (bicyclic) bond motifs is 1. The molecule has 2 nitrogen and oxygen atoms in total. The van der Waals surface area contributed by atoms with Crippen molar-refractivity contribution in [1.82, 2.24) is 5.32 Å². The Morgan fingerprint density at radius 3 is 3.17 bits per heavy atom. The van der Waals surface area contributed by atoms with E-state index in [0.717, 1.165) is 35.9 Å². The molecule has 2 heterocycles. The maximum absolute atomic E-state index is 13.6. The fourth-order valence-corrected chi connectivity index (χ4v) is 2.55. The second kappa shape index (κ2) is 4.58. The molecule has 1 N–H and O–H groups in total. The van der Waals surface area contributed by atoms with Crippen LogP contribution in [0.15, 0.2) is 35.0 Å². The highest BCUT2D eigenvalue weighted by molar-refractivity contribution is 5.90. The van der Waals surface area contributed by atoms with E-state index >= 15 is 0 Å². The molecule has 2 aromatic rings. The van der Waals surface area contributed by atoms with Gasteiger partial charge < -0.3 is 9.73 Å². The van der Waals surface area contributed by atoms with Crippen molar-refractivity contribution in [2.75, 3.05) is 6.54 Å². The number of furan rings is 1. The standard InChI is InChI=1S/C15H16FNO/c1-2-13-8-10(3-5-17-13)14-9-12(16)7-11-4-6-18-15(11)14/h4,6-9,13,17H,2-3,5H2,1H3. The molecule has 3 rings (SSSR count). The molecule has 0 aliphatic carbocycles. The lowest BCUT2D eigenvalue weighted by Crippen LogP contribution is -2.31. The molecule has 3 heteroatoms.